The maximum Gasteiger partial charge on any atom is 0.344 e. The Labute approximate surface area is 162 Å². The van der Waals surface area contributed by atoms with Gasteiger partial charge in [0.15, 0.2) is 6.61 Å². The summed E-state index contributed by atoms with van der Waals surface area (Å²) >= 11 is 1.48. The van der Waals surface area contributed by atoms with Gasteiger partial charge in [0.25, 0.3) is 11.8 Å². The summed E-state index contributed by atoms with van der Waals surface area (Å²) in [6.45, 7) is 4.53. The normalized spacial score (nSPS) is 14.7. The molecule has 0 saturated heterocycles. The first kappa shape index (κ1) is 21.0. The third-order valence-electron chi connectivity index (χ3n) is 3.76. The van der Waals surface area contributed by atoms with Crippen molar-refractivity contribution >= 4 is 35.5 Å². The highest BCUT2D eigenvalue weighted by atomic mass is 32.2. The van der Waals surface area contributed by atoms with E-state index in [0.29, 0.717) is 5.75 Å². The quantitative estimate of drug-likeness (QED) is 0.518. The maximum absolute atomic E-state index is 12.6. The van der Waals surface area contributed by atoms with Crippen LogP contribution < -0.4 is 0 Å². The Bertz CT molecular complexity index is 720. The number of benzene rings is 1. The van der Waals surface area contributed by atoms with Crippen molar-refractivity contribution in [2.75, 3.05) is 18.6 Å². The molecule has 1 aromatic carbocycles. The number of rotatable bonds is 7. The summed E-state index contributed by atoms with van der Waals surface area (Å²) in [5.74, 6) is -2.02. The van der Waals surface area contributed by atoms with Crippen LogP contribution in [-0.4, -0.2) is 58.9 Å². The summed E-state index contributed by atoms with van der Waals surface area (Å²) in [5, 5.41) is 0. The van der Waals surface area contributed by atoms with E-state index in [9.17, 15) is 19.2 Å². The topological polar surface area (TPSA) is 90.0 Å². The highest BCUT2D eigenvalue weighted by molar-refractivity contribution is 7.98. The van der Waals surface area contributed by atoms with Crippen LogP contribution in [0.2, 0.25) is 0 Å². The summed E-state index contributed by atoms with van der Waals surface area (Å²) < 4.78 is 10.1. The van der Waals surface area contributed by atoms with Crippen LogP contribution in [0.25, 0.3) is 0 Å². The van der Waals surface area contributed by atoms with E-state index in [1.54, 1.807) is 45.0 Å². The van der Waals surface area contributed by atoms with Crippen molar-refractivity contribution in [3.8, 4) is 0 Å². The molecule has 1 heterocycles. The van der Waals surface area contributed by atoms with Gasteiger partial charge in [-0.1, -0.05) is 12.1 Å². The molecule has 0 N–H and O–H groups in total. The summed E-state index contributed by atoms with van der Waals surface area (Å²) in [6, 6.07) is 5.32. The molecule has 27 heavy (non-hydrogen) atoms. The number of hydrogen-bond acceptors (Lipinski definition) is 7. The molecule has 1 aliphatic rings. The minimum Gasteiger partial charge on any atom is -0.457 e. The molecule has 0 aliphatic carbocycles. The molecular formula is C19H23NO6S. The van der Waals surface area contributed by atoms with Gasteiger partial charge in [-0.2, -0.15) is 11.8 Å². The van der Waals surface area contributed by atoms with Crippen molar-refractivity contribution in [1.29, 1.82) is 0 Å². The van der Waals surface area contributed by atoms with Crippen LogP contribution in [-0.2, 0) is 19.1 Å². The minimum absolute atomic E-state index is 0.236. The largest absolute Gasteiger partial charge is 0.457 e. The Morgan fingerprint density at radius 1 is 1.11 bits per heavy atom. The number of fused-ring (bicyclic) bond motifs is 1. The van der Waals surface area contributed by atoms with Gasteiger partial charge in [-0.25, -0.2) is 9.59 Å². The van der Waals surface area contributed by atoms with E-state index in [2.05, 4.69) is 0 Å². The Balaban J connectivity index is 2.13. The Hall–Kier alpha value is -2.35. The number of amides is 2. The van der Waals surface area contributed by atoms with Gasteiger partial charge < -0.3 is 9.47 Å². The van der Waals surface area contributed by atoms with E-state index in [4.69, 9.17) is 9.47 Å². The molecule has 0 aromatic heterocycles. The average molecular weight is 393 g/mol. The lowest BCUT2D eigenvalue weighted by molar-refractivity contribution is -0.168. The molecule has 146 valence electrons. The lowest BCUT2D eigenvalue weighted by Crippen LogP contribution is -2.46. The number of nitrogens with zero attached hydrogens (tertiary/aromatic N) is 1. The van der Waals surface area contributed by atoms with E-state index < -0.39 is 42.0 Å². The number of thioether (sulfide) groups is 1. The Kier molecular flexibility index (Phi) is 6.64. The number of ether oxygens (including phenoxy) is 2. The number of imide groups is 1. The second-order valence-corrected chi connectivity index (χ2v) is 8.00. The number of hydrogen-bond donors (Lipinski definition) is 0. The Morgan fingerprint density at radius 2 is 1.67 bits per heavy atom. The number of carbonyl (C=O) groups excluding carboxylic acids is 4. The molecule has 1 aliphatic heterocycles. The fraction of sp³-hybridized carbons (Fsp3) is 0.474. The van der Waals surface area contributed by atoms with Crippen LogP contribution >= 0.6 is 11.8 Å². The van der Waals surface area contributed by atoms with Gasteiger partial charge in [0.1, 0.15) is 11.6 Å². The predicted octanol–water partition coefficient (Wildman–Crippen LogP) is 2.29. The molecule has 2 rings (SSSR count). The fourth-order valence-electron chi connectivity index (χ4n) is 2.67. The second-order valence-electron chi connectivity index (χ2n) is 7.02. The van der Waals surface area contributed by atoms with Crippen LogP contribution in [0.5, 0.6) is 0 Å². The summed E-state index contributed by atoms with van der Waals surface area (Å²) in [5.41, 5.74) is -0.183. The predicted molar refractivity (Wildman–Crippen MR) is 101 cm³/mol. The monoisotopic (exact) mass is 393 g/mol. The lowest BCUT2D eigenvalue weighted by atomic mass is 10.1. The number of carbonyl (C=O) groups is 4. The molecular weight excluding hydrogens is 370 g/mol. The van der Waals surface area contributed by atoms with Gasteiger partial charge >= 0.3 is 11.9 Å². The highest BCUT2D eigenvalue weighted by Crippen LogP contribution is 2.26. The number of esters is 2. The van der Waals surface area contributed by atoms with Gasteiger partial charge in [0, 0.05) is 0 Å². The first-order chi connectivity index (χ1) is 12.7. The molecule has 7 nitrogen and oxygen atoms in total. The van der Waals surface area contributed by atoms with Crippen molar-refractivity contribution in [3.05, 3.63) is 35.4 Å². The molecule has 0 saturated carbocycles. The lowest BCUT2D eigenvalue weighted by Gasteiger charge is -2.25. The third kappa shape index (κ3) is 5.09. The summed E-state index contributed by atoms with van der Waals surface area (Å²) in [6.07, 6.45) is 2.09. The molecule has 1 aromatic rings. The van der Waals surface area contributed by atoms with Gasteiger partial charge in [-0.3, -0.25) is 14.5 Å². The minimum atomic E-state index is -1.09. The Morgan fingerprint density at radius 3 is 2.15 bits per heavy atom. The smallest absolute Gasteiger partial charge is 0.344 e. The van der Waals surface area contributed by atoms with Crippen molar-refractivity contribution in [2.45, 2.75) is 38.8 Å². The van der Waals surface area contributed by atoms with E-state index in [-0.39, 0.29) is 17.5 Å². The maximum atomic E-state index is 12.6. The zero-order valence-corrected chi connectivity index (χ0v) is 16.6. The highest BCUT2D eigenvalue weighted by Gasteiger charge is 2.43. The zero-order valence-electron chi connectivity index (χ0n) is 15.8. The van der Waals surface area contributed by atoms with Crippen LogP contribution in [0.1, 0.15) is 47.9 Å². The van der Waals surface area contributed by atoms with Crippen LogP contribution in [0.4, 0.5) is 0 Å². The third-order valence-corrected chi connectivity index (χ3v) is 4.40. The molecule has 0 fully saturated rings. The van der Waals surface area contributed by atoms with Gasteiger partial charge in [0.2, 0.25) is 0 Å². The van der Waals surface area contributed by atoms with Crippen molar-refractivity contribution in [2.24, 2.45) is 0 Å². The van der Waals surface area contributed by atoms with Crippen LogP contribution in [0, 0.1) is 0 Å². The van der Waals surface area contributed by atoms with Crippen molar-refractivity contribution in [3.63, 3.8) is 0 Å². The van der Waals surface area contributed by atoms with E-state index in [1.807, 2.05) is 6.26 Å². The molecule has 0 unspecified atom stereocenters. The molecule has 0 radical (unpaired) electrons. The van der Waals surface area contributed by atoms with Crippen LogP contribution in [0.3, 0.4) is 0 Å². The van der Waals surface area contributed by atoms with E-state index >= 15 is 0 Å². The molecule has 2 amide bonds. The SMILES string of the molecule is CSCC[C@@H](C(=O)OCC(=O)OC(C)(C)C)N1C(=O)c2ccccc2C1=O. The average Bonchev–Trinajstić information content (AvgIpc) is 2.84. The fourth-order valence-corrected chi connectivity index (χ4v) is 3.13. The van der Waals surface area contributed by atoms with E-state index in [0.717, 1.165) is 4.90 Å². The van der Waals surface area contributed by atoms with Crippen molar-refractivity contribution in [1.82, 2.24) is 4.90 Å². The van der Waals surface area contributed by atoms with Gasteiger partial charge in [-0.15, -0.1) is 0 Å². The first-order valence-electron chi connectivity index (χ1n) is 8.50. The van der Waals surface area contributed by atoms with Gasteiger partial charge in [-0.05, 0) is 51.3 Å². The second kappa shape index (κ2) is 8.56. The standard InChI is InChI=1S/C19H23NO6S/c1-19(2,3)26-15(21)11-25-18(24)14(9-10-27-4)20-16(22)12-7-5-6-8-13(12)17(20)23/h5-8,14H,9-11H2,1-4H3/t14-/m0/s1. The van der Waals surface area contributed by atoms with E-state index in [1.165, 1.54) is 11.8 Å². The first-order valence-corrected chi connectivity index (χ1v) is 9.89. The molecule has 8 heteroatoms. The zero-order chi connectivity index (χ0) is 20.2. The van der Waals surface area contributed by atoms with Crippen molar-refractivity contribution < 1.29 is 28.7 Å². The van der Waals surface area contributed by atoms with Gasteiger partial charge in [0.05, 0.1) is 11.1 Å². The summed E-state index contributed by atoms with van der Waals surface area (Å²) in [4.78, 5) is 50.6. The van der Waals surface area contributed by atoms with Crippen LogP contribution in [0.15, 0.2) is 24.3 Å². The summed E-state index contributed by atoms with van der Waals surface area (Å²) in [7, 11) is 0. The molecule has 1 atom stereocenters. The molecule has 0 spiro atoms. The molecule has 0 bridgehead atoms.